The molecule has 0 unspecified atom stereocenters. The molecule has 1 heterocycles. The van der Waals surface area contributed by atoms with E-state index in [1.165, 1.54) is 6.20 Å². The summed E-state index contributed by atoms with van der Waals surface area (Å²) >= 11 is 0. The summed E-state index contributed by atoms with van der Waals surface area (Å²) in [6.45, 7) is 4.74. The first-order valence-electron chi connectivity index (χ1n) is 4.71. The second-order valence-corrected chi connectivity index (χ2v) is 2.87. The van der Waals surface area contributed by atoms with Gasteiger partial charge in [-0.05, 0) is 6.92 Å². The lowest BCUT2D eigenvalue weighted by molar-refractivity contribution is -0.141. The summed E-state index contributed by atoms with van der Waals surface area (Å²) in [7, 11) is 0. The molecular formula is C9H16N2O3. The van der Waals surface area contributed by atoms with E-state index >= 15 is 0 Å². The lowest BCUT2D eigenvalue weighted by Gasteiger charge is -2.29. The van der Waals surface area contributed by atoms with Crippen LogP contribution >= 0.6 is 0 Å². The fourth-order valence-corrected chi connectivity index (χ4v) is 1.31. The van der Waals surface area contributed by atoms with Crippen molar-refractivity contribution in [2.45, 2.75) is 6.92 Å². The minimum atomic E-state index is -0.364. The van der Waals surface area contributed by atoms with Gasteiger partial charge in [-0.1, -0.05) is 0 Å². The van der Waals surface area contributed by atoms with Crippen LogP contribution in [0.5, 0.6) is 0 Å². The maximum atomic E-state index is 11.4. The van der Waals surface area contributed by atoms with Gasteiger partial charge in [-0.25, -0.2) is 4.79 Å². The molecule has 0 aromatic carbocycles. The third-order valence-corrected chi connectivity index (χ3v) is 1.99. The van der Waals surface area contributed by atoms with Crippen LogP contribution in [0.4, 0.5) is 0 Å². The molecule has 0 bridgehead atoms. The summed E-state index contributed by atoms with van der Waals surface area (Å²) in [5.41, 5.74) is 5.82. The molecule has 0 atom stereocenters. The van der Waals surface area contributed by atoms with Crippen LogP contribution in [-0.2, 0) is 14.3 Å². The predicted octanol–water partition coefficient (Wildman–Crippen LogP) is -0.318. The second kappa shape index (κ2) is 5.49. The Morgan fingerprint density at radius 3 is 2.71 bits per heavy atom. The maximum absolute atomic E-state index is 11.4. The van der Waals surface area contributed by atoms with Gasteiger partial charge in [0.2, 0.25) is 0 Å². The first-order chi connectivity index (χ1) is 6.79. The quantitative estimate of drug-likeness (QED) is 0.499. The van der Waals surface area contributed by atoms with Gasteiger partial charge in [0.25, 0.3) is 0 Å². The van der Waals surface area contributed by atoms with Crippen molar-refractivity contribution >= 4 is 5.97 Å². The maximum Gasteiger partial charge on any atom is 0.356 e. The average molecular weight is 200 g/mol. The average Bonchev–Trinajstić information content (AvgIpc) is 2.21. The molecule has 0 spiro atoms. The number of hydrogen-bond donors (Lipinski definition) is 1. The molecule has 0 radical (unpaired) electrons. The monoisotopic (exact) mass is 200 g/mol. The van der Waals surface area contributed by atoms with Crippen LogP contribution in [0.3, 0.4) is 0 Å². The van der Waals surface area contributed by atoms with E-state index in [-0.39, 0.29) is 5.97 Å². The van der Waals surface area contributed by atoms with Gasteiger partial charge in [-0.3, -0.25) is 0 Å². The number of nitrogens with zero attached hydrogens (tertiary/aromatic N) is 1. The molecule has 0 aromatic rings. The first-order valence-corrected chi connectivity index (χ1v) is 4.71. The molecule has 0 saturated carbocycles. The Kier molecular flexibility index (Phi) is 4.25. The van der Waals surface area contributed by atoms with E-state index in [2.05, 4.69) is 0 Å². The van der Waals surface area contributed by atoms with Crippen LogP contribution in [0.1, 0.15) is 6.92 Å². The van der Waals surface area contributed by atoms with Gasteiger partial charge in [0.1, 0.15) is 5.70 Å². The molecule has 5 nitrogen and oxygen atoms in total. The number of carbonyl (C=O) groups is 1. The molecular weight excluding hydrogens is 184 g/mol. The van der Waals surface area contributed by atoms with Gasteiger partial charge in [-0.2, -0.15) is 0 Å². The zero-order valence-electron chi connectivity index (χ0n) is 8.36. The Bertz CT molecular complexity index is 222. The van der Waals surface area contributed by atoms with Crippen molar-refractivity contribution in [3.63, 3.8) is 0 Å². The van der Waals surface area contributed by atoms with Crippen LogP contribution in [0.15, 0.2) is 11.9 Å². The van der Waals surface area contributed by atoms with E-state index in [0.29, 0.717) is 38.6 Å². The van der Waals surface area contributed by atoms with Gasteiger partial charge in [0.05, 0.1) is 19.8 Å². The normalized spacial score (nSPS) is 18.1. The van der Waals surface area contributed by atoms with Gasteiger partial charge in [-0.15, -0.1) is 0 Å². The van der Waals surface area contributed by atoms with Crippen LogP contribution in [0.25, 0.3) is 0 Å². The molecule has 1 aliphatic rings. The standard InChI is InChI=1S/C9H16N2O3/c1-2-14-9(12)8(7-10)11-3-5-13-6-4-11/h7H,2-6,10H2,1H3. The highest BCUT2D eigenvalue weighted by molar-refractivity contribution is 5.87. The van der Waals surface area contributed by atoms with E-state index in [4.69, 9.17) is 15.2 Å². The van der Waals surface area contributed by atoms with Crippen molar-refractivity contribution in [3.8, 4) is 0 Å². The van der Waals surface area contributed by atoms with Crippen LogP contribution < -0.4 is 5.73 Å². The molecule has 1 rings (SSSR count). The van der Waals surface area contributed by atoms with E-state index < -0.39 is 0 Å². The molecule has 0 aliphatic carbocycles. The van der Waals surface area contributed by atoms with E-state index in [1.807, 2.05) is 4.90 Å². The van der Waals surface area contributed by atoms with E-state index in [0.717, 1.165) is 0 Å². The van der Waals surface area contributed by atoms with Crippen LogP contribution in [0.2, 0.25) is 0 Å². The molecule has 0 aromatic heterocycles. The fourth-order valence-electron chi connectivity index (χ4n) is 1.31. The van der Waals surface area contributed by atoms with Gasteiger partial charge < -0.3 is 20.1 Å². The molecule has 1 fully saturated rings. The van der Waals surface area contributed by atoms with Crippen LogP contribution in [0, 0.1) is 0 Å². The second-order valence-electron chi connectivity index (χ2n) is 2.87. The summed E-state index contributed by atoms with van der Waals surface area (Å²) in [4.78, 5) is 13.3. The molecule has 5 heteroatoms. The zero-order chi connectivity index (χ0) is 10.4. The number of hydrogen-bond acceptors (Lipinski definition) is 5. The van der Waals surface area contributed by atoms with E-state index in [9.17, 15) is 4.79 Å². The first kappa shape index (κ1) is 10.8. The number of morpholine rings is 1. The number of nitrogens with two attached hydrogens (primary N) is 1. The highest BCUT2D eigenvalue weighted by Gasteiger charge is 2.20. The Morgan fingerprint density at radius 2 is 2.21 bits per heavy atom. The summed E-state index contributed by atoms with van der Waals surface area (Å²) in [5.74, 6) is -0.364. The molecule has 14 heavy (non-hydrogen) atoms. The Labute approximate surface area is 83.5 Å². The highest BCUT2D eigenvalue weighted by atomic mass is 16.5. The lowest BCUT2D eigenvalue weighted by Crippen LogP contribution is -2.39. The zero-order valence-corrected chi connectivity index (χ0v) is 8.36. The number of carbonyl (C=O) groups excluding carboxylic acids is 1. The van der Waals surface area contributed by atoms with Crippen molar-refractivity contribution in [2.75, 3.05) is 32.9 Å². The van der Waals surface area contributed by atoms with Crippen molar-refractivity contribution < 1.29 is 14.3 Å². The molecule has 1 aliphatic heterocycles. The lowest BCUT2D eigenvalue weighted by atomic mass is 10.3. The SMILES string of the molecule is CCOC(=O)C(=CN)N1CCOCC1. The third-order valence-electron chi connectivity index (χ3n) is 1.99. The minimum Gasteiger partial charge on any atom is -0.461 e. The Balaban J connectivity index is 2.56. The molecule has 0 amide bonds. The molecule has 80 valence electrons. The van der Waals surface area contributed by atoms with Crippen LogP contribution in [-0.4, -0.2) is 43.8 Å². The van der Waals surface area contributed by atoms with Crippen molar-refractivity contribution in [3.05, 3.63) is 11.9 Å². The van der Waals surface area contributed by atoms with Gasteiger partial charge in [0, 0.05) is 19.3 Å². The van der Waals surface area contributed by atoms with E-state index in [1.54, 1.807) is 6.92 Å². The summed E-state index contributed by atoms with van der Waals surface area (Å²) in [6, 6.07) is 0. The molecule has 2 N–H and O–H groups in total. The largest absolute Gasteiger partial charge is 0.461 e. The topological polar surface area (TPSA) is 64.8 Å². The summed E-state index contributed by atoms with van der Waals surface area (Å²) < 4.78 is 10.1. The van der Waals surface area contributed by atoms with Gasteiger partial charge >= 0.3 is 5.97 Å². The Morgan fingerprint density at radius 1 is 1.57 bits per heavy atom. The fraction of sp³-hybridized carbons (Fsp3) is 0.667. The third kappa shape index (κ3) is 2.63. The predicted molar refractivity (Wildman–Crippen MR) is 51.3 cm³/mol. The number of rotatable bonds is 3. The number of esters is 1. The summed E-state index contributed by atoms with van der Waals surface area (Å²) in [5, 5.41) is 0. The minimum absolute atomic E-state index is 0.362. The summed E-state index contributed by atoms with van der Waals surface area (Å²) in [6.07, 6.45) is 1.29. The smallest absolute Gasteiger partial charge is 0.356 e. The highest BCUT2D eigenvalue weighted by Crippen LogP contribution is 2.08. The van der Waals surface area contributed by atoms with Crippen molar-refractivity contribution in [2.24, 2.45) is 5.73 Å². The van der Waals surface area contributed by atoms with Crippen molar-refractivity contribution in [1.82, 2.24) is 4.90 Å². The molecule has 1 saturated heterocycles. The van der Waals surface area contributed by atoms with Gasteiger partial charge in [0.15, 0.2) is 0 Å². The Hall–Kier alpha value is -1.23. The van der Waals surface area contributed by atoms with Crippen molar-refractivity contribution in [1.29, 1.82) is 0 Å². The number of ether oxygens (including phenoxy) is 2.